The van der Waals surface area contributed by atoms with E-state index in [9.17, 15) is 13.2 Å². The number of rotatable bonds is 5. The lowest BCUT2D eigenvalue weighted by atomic mass is 9.83. The summed E-state index contributed by atoms with van der Waals surface area (Å²) in [4.78, 5) is 18.9. The van der Waals surface area contributed by atoms with Gasteiger partial charge in [-0.15, -0.1) is 0 Å². The third kappa shape index (κ3) is 3.98. The first-order chi connectivity index (χ1) is 13.4. The molecule has 0 radical (unpaired) electrons. The van der Waals surface area contributed by atoms with E-state index in [1.54, 1.807) is 4.90 Å². The highest BCUT2D eigenvalue weighted by molar-refractivity contribution is 7.89. The number of halogens is 1. The topological polar surface area (TPSA) is 70.6 Å². The van der Waals surface area contributed by atoms with Crippen LogP contribution in [0.4, 0.5) is 0 Å². The number of hydrogen-bond donors (Lipinski definition) is 0. The minimum absolute atomic E-state index is 0.119. The van der Waals surface area contributed by atoms with E-state index in [1.807, 2.05) is 0 Å². The fraction of sp³-hybridized carbons (Fsp3) is 0.600. The minimum atomic E-state index is -3.67. The van der Waals surface area contributed by atoms with Crippen LogP contribution in [0.2, 0.25) is 5.02 Å². The van der Waals surface area contributed by atoms with Gasteiger partial charge in [0.1, 0.15) is 4.90 Å². The number of piperazine rings is 1. The second kappa shape index (κ2) is 8.13. The Bertz CT molecular complexity index is 875. The molecule has 1 amide bonds. The van der Waals surface area contributed by atoms with Crippen molar-refractivity contribution < 1.29 is 13.2 Å². The lowest BCUT2D eigenvalue weighted by Gasteiger charge is -2.35. The van der Waals surface area contributed by atoms with E-state index in [2.05, 4.69) is 17.1 Å². The van der Waals surface area contributed by atoms with Gasteiger partial charge in [-0.2, -0.15) is 4.31 Å². The van der Waals surface area contributed by atoms with E-state index in [1.165, 1.54) is 16.6 Å². The Balaban J connectivity index is 1.44. The molecule has 152 valence electrons. The molecule has 1 aromatic heterocycles. The van der Waals surface area contributed by atoms with E-state index < -0.39 is 10.0 Å². The lowest BCUT2D eigenvalue weighted by molar-refractivity contribution is -0.133. The number of allylic oxidation sites excluding steroid dienone is 2. The summed E-state index contributed by atoms with van der Waals surface area (Å²) in [5.41, 5.74) is 0.641. The molecule has 0 spiro atoms. The quantitative estimate of drug-likeness (QED) is 0.682. The number of hydrogen-bond acceptors (Lipinski definition) is 4. The molecular weight excluding hydrogens is 398 g/mol. The molecule has 2 aliphatic carbocycles. The van der Waals surface area contributed by atoms with Gasteiger partial charge in [-0.3, -0.25) is 9.78 Å². The summed E-state index contributed by atoms with van der Waals surface area (Å²) in [6, 6.07) is 1.53. The Morgan fingerprint density at radius 3 is 2.54 bits per heavy atom. The molecule has 3 aliphatic rings. The Morgan fingerprint density at radius 2 is 1.93 bits per heavy atom. The Hall–Kier alpha value is -1.44. The maximum atomic E-state index is 13.3. The van der Waals surface area contributed by atoms with Gasteiger partial charge in [-0.25, -0.2) is 8.42 Å². The summed E-state index contributed by atoms with van der Waals surface area (Å²) in [7, 11) is -3.67. The molecule has 2 fully saturated rings. The SMILES string of the molecule is O=C(C[C@@H]1C=CCC1)N1CCN(S(=O)(=O)c2cc(Cl)cnc2C2CCC2)CC1. The molecule has 2 heterocycles. The molecule has 0 aromatic carbocycles. The molecule has 0 unspecified atom stereocenters. The largest absolute Gasteiger partial charge is 0.340 e. The van der Waals surface area contributed by atoms with E-state index in [4.69, 9.17) is 11.6 Å². The molecule has 28 heavy (non-hydrogen) atoms. The number of pyridine rings is 1. The first kappa shape index (κ1) is 19.9. The van der Waals surface area contributed by atoms with Crippen molar-refractivity contribution in [1.29, 1.82) is 0 Å². The van der Waals surface area contributed by atoms with Crippen LogP contribution < -0.4 is 0 Å². The fourth-order valence-electron chi connectivity index (χ4n) is 4.16. The van der Waals surface area contributed by atoms with Crippen molar-refractivity contribution in [3.05, 3.63) is 35.1 Å². The van der Waals surface area contributed by atoms with Crippen LogP contribution in [-0.4, -0.2) is 54.7 Å². The number of amides is 1. The number of nitrogens with zero attached hydrogens (tertiary/aromatic N) is 3. The highest BCUT2D eigenvalue weighted by atomic mass is 35.5. The predicted molar refractivity (Wildman–Crippen MR) is 108 cm³/mol. The average molecular weight is 424 g/mol. The van der Waals surface area contributed by atoms with Gasteiger partial charge in [0.15, 0.2) is 0 Å². The zero-order chi connectivity index (χ0) is 19.7. The molecule has 1 aromatic rings. The maximum Gasteiger partial charge on any atom is 0.245 e. The van der Waals surface area contributed by atoms with Gasteiger partial charge in [0, 0.05) is 44.7 Å². The van der Waals surface area contributed by atoms with Crippen LogP contribution in [0.25, 0.3) is 0 Å². The standard InChI is InChI=1S/C20H26ClN3O3S/c21-17-13-18(20(22-14-17)16-6-3-7-16)28(26,27)24-10-8-23(9-11-24)19(25)12-15-4-1-2-5-15/h1,4,13-16H,2-3,5-12H2/t15-/m1/s1. The third-order valence-electron chi connectivity index (χ3n) is 6.10. The van der Waals surface area contributed by atoms with Gasteiger partial charge in [0.2, 0.25) is 15.9 Å². The zero-order valence-electron chi connectivity index (χ0n) is 15.9. The van der Waals surface area contributed by atoms with Crippen molar-refractivity contribution in [2.75, 3.05) is 26.2 Å². The van der Waals surface area contributed by atoms with Crippen LogP contribution in [0.15, 0.2) is 29.3 Å². The monoisotopic (exact) mass is 423 g/mol. The molecule has 1 aliphatic heterocycles. The van der Waals surface area contributed by atoms with E-state index in [0.717, 1.165) is 32.1 Å². The van der Waals surface area contributed by atoms with Gasteiger partial charge in [0.05, 0.1) is 10.7 Å². The van der Waals surface area contributed by atoms with Crippen molar-refractivity contribution in [2.24, 2.45) is 5.92 Å². The summed E-state index contributed by atoms with van der Waals surface area (Å²) < 4.78 is 28.0. The fourth-order valence-corrected chi connectivity index (χ4v) is 6.07. The molecule has 1 saturated carbocycles. The van der Waals surface area contributed by atoms with E-state index >= 15 is 0 Å². The van der Waals surface area contributed by atoms with Crippen molar-refractivity contribution in [2.45, 2.75) is 49.3 Å². The maximum absolute atomic E-state index is 13.3. The van der Waals surface area contributed by atoms with Gasteiger partial charge < -0.3 is 4.90 Å². The molecule has 6 nitrogen and oxygen atoms in total. The smallest absolute Gasteiger partial charge is 0.245 e. The van der Waals surface area contributed by atoms with Crippen LogP contribution in [-0.2, 0) is 14.8 Å². The number of carbonyl (C=O) groups excluding carboxylic acids is 1. The summed E-state index contributed by atoms with van der Waals surface area (Å²) >= 11 is 6.07. The summed E-state index contributed by atoms with van der Waals surface area (Å²) in [6.07, 6.45) is 11.4. The molecule has 1 saturated heterocycles. The lowest BCUT2D eigenvalue weighted by Crippen LogP contribution is -2.50. The van der Waals surface area contributed by atoms with Crippen LogP contribution in [0.3, 0.4) is 0 Å². The van der Waals surface area contributed by atoms with Gasteiger partial charge >= 0.3 is 0 Å². The third-order valence-corrected chi connectivity index (χ3v) is 8.23. The van der Waals surface area contributed by atoms with Crippen molar-refractivity contribution in [3.63, 3.8) is 0 Å². The minimum Gasteiger partial charge on any atom is -0.340 e. The second-order valence-corrected chi connectivity index (χ2v) is 10.3. The number of carbonyl (C=O) groups is 1. The van der Waals surface area contributed by atoms with E-state index in [0.29, 0.717) is 49.2 Å². The summed E-state index contributed by atoms with van der Waals surface area (Å²) in [5, 5.41) is 0.333. The first-order valence-electron chi connectivity index (χ1n) is 10.0. The van der Waals surface area contributed by atoms with Crippen LogP contribution in [0, 0.1) is 5.92 Å². The molecular formula is C20H26ClN3O3S. The molecule has 8 heteroatoms. The van der Waals surface area contributed by atoms with Crippen molar-refractivity contribution in [3.8, 4) is 0 Å². The molecule has 0 N–H and O–H groups in total. The first-order valence-corrected chi connectivity index (χ1v) is 11.9. The Labute approximate surface area is 171 Å². The van der Waals surface area contributed by atoms with Crippen molar-refractivity contribution >= 4 is 27.5 Å². The van der Waals surface area contributed by atoms with Crippen molar-refractivity contribution in [1.82, 2.24) is 14.2 Å². The second-order valence-electron chi connectivity index (χ2n) is 7.92. The van der Waals surface area contributed by atoms with Crippen LogP contribution in [0.5, 0.6) is 0 Å². The molecule has 0 bridgehead atoms. The van der Waals surface area contributed by atoms with Crippen LogP contribution in [0.1, 0.15) is 50.1 Å². The highest BCUT2D eigenvalue weighted by Gasteiger charge is 2.35. The van der Waals surface area contributed by atoms with E-state index in [-0.39, 0.29) is 16.7 Å². The van der Waals surface area contributed by atoms with Gasteiger partial charge in [-0.05, 0) is 37.7 Å². The normalized spacial score (nSPS) is 23.8. The Morgan fingerprint density at radius 1 is 1.18 bits per heavy atom. The zero-order valence-corrected chi connectivity index (χ0v) is 17.5. The Kier molecular flexibility index (Phi) is 5.76. The van der Waals surface area contributed by atoms with Gasteiger partial charge in [-0.1, -0.05) is 30.2 Å². The molecule has 1 atom stereocenters. The van der Waals surface area contributed by atoms with Crippen LogP contribution >= 0.6 is 11.6 Å². The molecule has 4 rings (SSSR count). The number of sulfonamides is 1. The summed E-state index contributed by atoms with van der Waals surface area (Å²) in [6.45, 7) is 1.49. The number of aromatic nitrogens is 1. The summed E-state index contributed by atoms with van der Waals surface area (Å²) in [5.74, 6) is 0.648. The van der Waals surface area contributed by atoms with Gasteiger partial charge in [0.25, 0.3) is 0 Å². The average Bonchev–Trinajstić information content (AvgIpc) is 3.14. The predicted octanol–water partition coefficient (Wildman–Crippen LogP) is 3.19. The highest BCUT2D eigenvalue weighted by Crippen LogP contribution is 2.39.